The van der Waals surface area contributed by atoms with Crippen LogP contribution < -0.4 is 0 Å². The molecule has 0 aliphatic heterocycles. The van der Waals surface area contributed by atoms with Crippen LogP contribution in [0.15, 0.2) is 66.0 Å². The number of thioether (sulfide) groups is 1. The van der Waals surface area contributed by atoms with Gasteiger partial charge in [-0.05, 0) is 41.9 Å². The highest BCUT2D eigenvalue weighted by molar-refractivity contribution is 8.00. The molecule has 1 aliphatic carbocycles. The molecule has 150 valence electrons. The molecule has 5 rings (SSSR count). The summed E-state index contributed by atoms with van der Waals surface area (Å²) in [6.07, 6.45) is 5.07. The van der Waals surface area contributed by atoms with E-state index in [1.165, 1.54) is 34.0 Å². The van der Waals surface area contributed by atoms with Crippen LogP contribution in [0.3, 0.4) is 0 Å². The van der Waals surface area contributed by atoms with E-state index in [1.54, 1.807) is 17.7 Å². The third-order valence-corrected chi connectivity index (χ3v) is 7.86. The Kier molecular flexibility index (Phi) is 5.40. The monoisotopic (exact) mass is 430 g/mol. The summed E-state index contributed by atoms with van der Waals surface area (Å²) in [4.78, 5) is 24.4. The second-order valence-electron chi connectivity index (χ2n) is 7.87. The van der Waals surface area contributed by atoms with Crippen LogP contribution in [0.4, 0.5) is 0 Å². The van der Waals surface area contributed by atoms with E-state index < -0.39 is 0 Å². The van der Waals surface area contributed by atoms with Gasteiger partial charge in [0.1, 0.15) is 16.2 Å². The molecule has 0 bridgehead atoms. The minimum atomic E-state index is 0.129. The van der Waals surface area contributed by atoms with Crippen LogP contribution in [-0.4, -0.2) is 21.5 Å². The molecule has 0 saturated heterocycles. The predicted molar refractivity (Wildman–Crippen MR) is 126 cm³/mol. The van der Waals surface area contributed by atoms with Crippen molar-refractivity contribution in [3.63, 3.8) is 0 Å². The van der Waals surface area contributed by atoms with Gasteiger partial charge in [-0.1, -0.05) is 73.3 Å². The largest absolute Gasteiger partial charge is 0.293 e. The SMILES string of the molecule is CC1CCc2c(sc3ncnc(SCC(=O)c4ccc(-c5ccccc5)cc4)c23)C1. The summed E-state index contributed by atoms with van der Waals surface area (Å²) >= 11 is 3.34. The fourth-order valence-corrected chi connectivity index (χ4v) is 6.39. The zero-order chi connectivity index (χ0) is 20.5. The van der Waals surface area contributed by atoms with Gasteiger partial charge in [-0.15, -0.1) is 11.3 Å². The lowest BCUT2D eigenvalue weighted by Gasteiger charge is -2.18. The average Bonchev–Trinajstić information content (AvgIpc) is 3.16. The van der Waals surface area contributed by atoms with Crippen LogP contribution in [0.5, 0.6) is 0 Å². The molecule has 2 heterocycles. The summed E-state index contributed by atoms with van der Waals surface area (Å²) in [5.74, 6) is 1.25. The van der Waals surface area contributed by atoms with Crippen molar-refractivity contribution in [3.05, 3.63) is 76.9 Å². The normalized spacial score (nSPS) is 15.8. The van der Waals surface area contributed by atoms with E-state index in [0.717, 1.165) is 45.3 Å². The Labute approximate surface area is 184 Å². The standard InChI is InChI=1S/C25H22N2OS2/c1-16-7-12-20-22(13-16)30-25-23(20)24(26-15-27-25)29-14-21(28)19-10-8-18(9-11-19)17-5-3-2-4-6-17/h2-6,8-11,15-16H,7,12-14H2,1H3. The summed E-state index contributed by atoms with van der Waals surface area (Å²) in [7, 11) is 0. The second kappa shape index (κ2) is 8.32. The molecular formula is C25H22N2OS2. The highest BCUT2D eigenvalue weighted by Crippen LogP contribution is 2.40. The zero-order valence-corrected chi connectivity index (χ0v) is 18.4. The van der Waals surface area contributed by atoms with Crippen LogP contribution >= 0.6 is 23.1 Å². The van der Waals surface area contributed by atoms with E-state index in [9.17, 15) is 4.79 Å². The molecule has 1 aliphatic rings. The number of benzene rings is 2. The van der Waals surface area contributed by atoms with Crippen molar-refractivity contribution < 1.29 is 4.79 Å². The first-order valence-corrected chi connectivity index (χ1v) is 12.1. The molecule has 4 aromatic rings. The van der Waals surface area contributed by atoms with E-state index in [-0.39, 0.29) is 5.78 Å². The molecule has 3 nitrogen and oxygen atoms in total. The first-order valence-electron chi connectivity index (χ1n) is 10.3. The van der Waals surface area contributed by atoms with E-state index in [4.69, 9.17) is 0 Å². The Morgan fingerprint density at radius 3 is 2.63 bits per heavy atom. The Hall–Kier alpha value is -2.50. The Morgan fingerprint density at radius 1 is 1.07 bits per heavy atom. The van der Waals surface area contributed by atoms with Gasteiger partial charge in [-0.3, -0.25) is 4.79 Å². The summed E-state index contributed by atoms with van der Waals surface area (Å²) in [5, 5.41) is 2.13. The molecule has 0 spiro atoms. The van der Waals surface area contributed by atoms with Crippen molar-refractivity contribution in [1.82, 2.24) is 9.97 Å². The van der Waals surface area contributed by atoms with Crippen molar-refractivity contribution in [2.24, 2.45) is 5.92 Å². The quantitative estimate of drug-likeness (QED) is 0.207. The number of carbonyl (C=O) groups is 1. The predicted octanol–water partition coefficient (Wildman–Crippen LogP) is 6.46. The number of rotatable bonds is 5. The van der Waals surface area contributed by atoms with E-state index in [2.05, 4.69) is 29.0 Å². The molecule has 2 aromatic heterocycles. The van der Waals surface area contributed by atoms with Crippen molar-refractivity contribution in [2.45, 2.75) is 31.2 Å². The van der Waals surface area contributed by atoms with Gasteiger partial charge in [0.05, 0.1) is 5.75 Å². The van der Waals surface area contributed by atoms with Crippen molar-refractivity contribution in [1.29, 1.82) is 0 Å². The summed E-state index contributed by atoms with van der Waals surface area (Å²) in [6, 6.07) is 18.1. The lowest BCUT2D eigenvalue weighted by molar-refractivity contribution is 0.102. The number of nitrogens with zero attached hydrogens (tertiary/aromatic N) is 2. The number of hydrogen-bond donors (Lipinski definition) is 0. The lowest BCUT2D eigenvalue weighted by atomic mass is 9.89. The van der Waals surface area contributed by atoms with Gasteiger partial charge in [0.15, 0.2) is 5.78 Å². The number of ketones is 1. The Balaban J connectivity index is 1.34. The molecule has 0 fully saturated rings. The average molecular weight is 431 g/mol. The molecular weight excluding hydrogens is 408 g/mol. The summed E-state index contributed by atoms with van der Waals surface area (Å²) in [5.41, 5.74) is 4.44. The molecule has 5 heteroatoms. The number of Topliss-reactive ketones (excluding diaryl/α,β-unsaturated/α-hetero) is 1. The third kappa shape index (κ3) is 3.80. The Morgan fingerprint density at radius 2 is 1.83 bits per heavy atom. The van der Waals surface area contributed by atoms with Crippen molar-refractivity contribution in [2.75, 3.05) is 5.75 Å². The van der Waals surface area contributed by atoms with Crippen LogP contribution in [0, 0.1) is 5.92 Å². The van der Waals surface area contributed by atoms with E-state index in [0.29, 0.717) is 5.75 Å². The van der Waals surface area contributed by atoms with Gasteiger partial charge in [-0.2, -0.15) is 0 Å². The van der Waals surface area contributed by atoms with E-state index in [1.807, 2.05) is 42.5 Å². The van der Waals surface area contributed by atoms with Gasteiger partial charge in [0.25, 0.3) is 0 Å². The van der Waals surface area contributed by atoms with Gasteiger partial charge in [0, 0.05) is 15.8 Å². The number of aryl methyl sites for hydroxylation is 1. The fourth-order valence-electron chi connectivity index (χ4n) is 4.05. The minimum Gasteiger partial charge on any atom is -0.293 e. The lowest BCUT2D eigenvalue weighted by Crippen LogP contribution is -2.09. The number of fused-ring (bicyclic) bond motifs is 3. The molecule has 0 amide bonds. The highest BCUT2D eigenvalue weighted by Gasteiger charge is 2.23. The summed E-state index contributed by atoms with van der Waals surface area (Å²) < 4.78 is 0. The third-order valence-electron chi connectivity index (χ3n) is 5.71. The van der Waals surface area contributed by atoms with Crippen LogP contribution in [0.25, 0.3) is 21.3 Å². The van der Waals surface area contributed by atoms with Gasteiger partial charge >= 0.3 is 0 Å². The molecule has 0 saturated carbocycles. The van der Waals surface area contributed by atoms with Gasteiger partial charge in [0.2, 0.25) is 0 Å². The maximum Gasteiger partial charge on any atom is 0.173 e. The molecule has 1 unspecified atom stereocenters. The molecule has 30 heavy (non-hydrogen) atoms. The maximum atomic E-state index is 12.8. The smallest absolute Gasteiger partial charge is 0.173 e. The minimum absolute atomic E-state index is 0.129. The molecule has 1 atom stereocenters. The number of hydrogen-bond acceptors (Lipinski definition) is 5. The first kappa shape index (κ1) is 19.5. The van der Waals surface area contributed by atoms with Gasteiger partial charge in [-0.25, -0.2) is 9.97 Å². The highest BCUT2D eigenvalue weighted by atomic mass is 32.2. The van der Waals surface area contributed by atoms with Crippen LogP contribution in [0.2, 0.25) is 0 Å². The maximum absolute atomic E-state index is 12.8. The molecule has 2 aromatic carbocycles. The first-order chi connectivity index (χ1) is 14.7. The fraction of sp³-hybridized carbons (Fsp3) is 0.240. The number of aromatic nitrogens is 2. The zero-order valence-electron chi connectivity index (χ0n) is 16.8. The van der Waals surface area contributed by atoms with E-state index >= 15 is 0 Å². The Bertz CT molecular complexity index is 1200. The van der Waals surface area contributed by atoms with Crippen LogP contribution in [-0.2, 0) is 12.8 Å². The van der Waals surface area contributed by atoms with Crippen molar-refractivity contribution >= 4 is 39.1 Å². The van der Waals surface area contributed by atoms with Crippen LogP contribution in [0.1, 0.15) is 34.1 Å². The second-order valence-corrected chi connectivity index (χ2v) is 9.91. The van der Waals surface area contributed by atoms with Crippen molar-refractivity contribution in [3.8, 4) is 11.1 Å². The summed E-state index contributed by atoms with van der Waals surface area (Å²) in [6.45, 7) is 2.32. The number of carbonyl (C=O) groups excluding carboxylic acids is 1. The van der Waals surface area contributed by atoms with Gasteiger partial charge < -0.3 is 0 Å². The molecule has 0 N–H and O–H groups in total. The molecule has 0 radical (unpaired) electrons. The number of thiophene rings is 1. The topological polar surface area (TPSA) is 42.9 Å².